The summed E-state index contributed by atoms with van der Waals surface area (Å²) in [6.07, 6.45) is 0. The van der Waals surface area contributed by atoms with Gasteiger partial charge in [-0.05, 0) is 6.92 Å². The molecule has 0 spiro atoms. The maximum absolute atomic E-state index is 12.1. The monoisotopic (exact) mass is 406 g/mol. The van der Waals surface area contributed by atoms with Gasteiger partial charge in [-0.15, -0.1) is 0 Å². The third-order valence-corrected chi connectivity index (χ3v) is 4.51. The molecule has 0 atom stereocenters. The van der Waals surface area contributed by atoms with Gasteiger partial charge < -0.3 is 5.11 Å². The van der Waals surface area contributed by atoms with Gasteiger partial charge in [0.15, 0.2) is 17.3 Å². The molecule has 0 heterocycles. The second kappa shape index (κ2) is 7.92. The quantitative estimate of drug-likeness (QED) is 0.392. The van der Waals surface area contributed by atoms with Crippen LogP contribution in [0.2, 0.25) is 0 Å². The number of aromatic hydroxyl groups is 1. The van der Waals surface area contributed by atoms with Crippen molar-refractivity contribution in [3.8, 4) is 5.75 Å². The number of phenols is 1. The van der Waals surface area contributed by atoms with Gasteiger partial charge in [-0.25, -0.2) is 0 Å². The van der Waals surface area contributed by atoms with Crippen LogP contribution in [0.4, 0.5) is 11.4 Å². The Balaban J connectivity index is 0.000000173. The van der Waals surface area contributed by atoms with Crippen molar-refractivity contribution in [3.05, 3.63) is 109 Å². The summed E-state index contributed by atoms with van der Waals surface area (Å²) in [6.45, 7) is 1.36. The number of nitro benzene ring substituents is 2. The van der Waals surface area contributed by atoms with Crippen LogP contribution in [0.25, 0.3) is 0 Å². The van der Waals surface area contributed by atoms with Crippen LogP contribution < -0.4 is 0 Å². The number of phenolic OH excluding ortho intramolecular Hbond substituents is 1. The lowest BCUT2D eigenvalue weighted by atomic mass is 9.84. The molecule has 0 saturated heterocycles. The zero-order valence-electron chi connectivity index (χ0n) is 15.6. The fraction of sp³-hybridized carbons (Fsp3) is 0.0476. The van der Waals surface area contributed by atoms with Crippen molar-refractivity contribution in [2.24, 2.45) is 0 Å². The van der Waals surface area contributed by atoms with Crippen LogP contribution in [-0.4, -0.2) is 26.5 Å². The van der Waals surface area contributed by atoms with Crippen LogP contribution in [0.1, 0.15) is 37.4 Å². The molecule has 1 aliphatic rings. The van der Waals surface area contributed by atoms with E-state index in [0.717, 1.165) is 12.1 Å². The minimum absolute atomic E-state index is 0.0641. The van der Waals surface area contributed by atoms with Gasteiger partial charge in [0.1, 0.15) is 0 Å². The molecule has 0 aliphatic heterocycles. The Kier molecular flexibility index (Phi) is 5.37. The van der Waals surface area contributed by atoms with Gasteiger partial charge in [-0.2, -0.15) is 0 Å². The molecule has 0 aromatic heterocycles. The molecular weight excluding hydrogens is 392 g/mol. The van der Waals surface area contributed by atoms with E-state index in [1.807, 2.05) is 0 Å². The molecule has 9 nitrogen and oxygen atoms in total. The third kappa shape index (κ3) is 3.63. The predicted octanol–water partition coefficient (Wildman–Crippen LogP) is 3.98. The standard InChI is InChI=1S/C14H8O2.C7H6N2O5/c15-13-9-5-1-2-6-10(9)14(16)12-8-4-3-7-11(12)13;1-4-2-5(8(11)12)3-6(7(4)10)9(13)14/h1-8H;2-3,10H,1H3. The van der Waals surface area contributed by atoms with Gasteiger partial charge in [0.2, 0.25) is 0 Å². The van der Waals surface area contributed by atoms with Gasteiger partial charge in [-0.1, -0.05) is 48.5 Å². The smallest absolute Gasteiger partial charge is 0.317 e. The molecule has 0 amide bonds. The number of ketones is 2. The average Bonchev–Trinajstić information content (AvgIpc) is 2.74. The fourth-order valence-corrected chi connectivity index (χ4v) is 3.04. The van der Waals surface area contributed by atoms with Crippen molar-refractivity contribution in [1.29, 1.82) is 0 Å². The molecule has 0 saturated carbocycles. The fourth-order valence-electron chi connectivity index (χ4n) is 3.04. The van der Waals surface area contributed by atoms with Crippen LogP contribution >= 0.6 is 0 Å². The second-order valence-corrected chi connectivity index (χ2v) is 6.39. The first kappa shape index (κ1) is 20.3. The number of rotatable bonds is 2. The number of fused-ring (bicyclic) bond motifs is 2. The molecule has 1 N–H and O–H groups in total. The Morgan fingerprint density at radius 2 is 1.13 bits per heavy atom. The SMILES string of the molecule is Cc1cc([N+](=O)[O-])cc([N+](=O)[O-])c1O.O=C1c2ccccc2C(=O)c2ccccc21. The van der Waals surface area contributed by atoms with Crippen molar-refractivity contribution >= 4 is 22.9 Å². The zero-order chi connectivity index (χ0) is 22.0. The summed E-state index contributed by atoms with van der Waals surface area (Å²) in [6, 6.07) is 15.7. The summed E-state index contributed by atoms with van der Waals surface area (Å²) in [5.41, 5.74) is 1.06. The molecule has 0 fully saturated rings. The van der Waals surface area contributed by atoms with Crippen molar-refractivity contribution in [1.82, 2.24) is 0 Å². The molecule has 4 rings (SSSR count). The molecule has 3 aromatic carbocycles. The minimum atomic E-state index is -0.866. The predicted molar refractivity (Wildman–Crippen MR) is 106 cm³/mol. The number of hydrogen-bond donors (Lipinski definition) is 1. The highest BCUT2D eigenvalue weighted by atomic mass is 16.6. The minimum Gasteiger partial charge on any atom is -0.502 e. The van der Waals surface area contributed by atoms with E-state index >= 15 is 0 Å². The topological polar surface area (TPSA) is 141 Å². The summed E-state index contributed by atoms with van der Waals surface area (Å²) in [4.78, 5) is 43.3. The van der Waals surface area contributed by atoms with Crippen LogP contribution in [0, 0.1) is 27.2 Å². The number of benzene rings is 3. The molecule has 1 aliphatic carbocycles. The first-order valence-corrected chi connectivity index (χ1v) is 8.62. The van der Waals surface area contributed by atoms with E-state index in [9.17, 15) is 34.9 Å². The van der Waals surface area contributed by atoms with Gasteiger partial charge in [0.25, 0.3) is 5.69 Å². The van der Waals surface area contributed by atoms with Gasteiger partial charge >= 0.3 is 5.69 Å². The summed E-state index contributed by atoms with van der Waals surface area (Å²) in [5.74, 6) is -0.669. The van der Waals surface area contributed by atoms with Crippen LogP contribution in [0.5, 0.6) is 5.75 Å². The Bertz CT molecular complexity index is 1110. The van der Waals surface area contributed by atoms with E-state index in [0.29, 0.717) is 22.3 Å². The molecule has 150 valence electrons. The number of non-ortho nitro benzene ring substituents is 1. The van der Waals surface area contributed by atoms with Gasteiger partial charge in [0.05, 0.1) is 15.9 Å². The largest absolute Gasteiger partial charge is 0.502 e. The number of hydrogen-bond acceptors (Lipinski definition) is 7. The highest BCUT2D eigenvalue weighted by molar-refractivity contribution is 6.28. The molecule has 30 heavy (non-hydrogen) atoms. The highest BCUT2D eigenvalue weighted by Gasteiger charge is 2.28. The van der Waals surface area contributed by atoms with E-state index in [4.69, 9.17) is 0 Å². The summed E-state index contributed by atoms with van der Waals surface area (Å²) in [7, 11) is 0. The number of carbonyl (C=O) groups excluding carboxylic acids is 2. The molecular formula is C21H14N2O7. The lowest BCUT2D eigenvalue weighted by Gasteiger charge is -2.16. The van der Waals surface area contributed by atoms with Crippen LogP contribution in [0.15, 0.2) is 60.7 Å². The third-order valence-electron chi connectivity index (χ3n) is 4.51. The summed E-state index contributed by atoms with van der Waals surface area (Å²) in [5, 5.41) is 29.9. The number of nitro groups is 2. The van der Waals surface area contributed by atoms with Crippen molar-refractivity contribution in [3.63, 3.8) is 0 Å². The van der Waals surface area contributed by atoms with E-state index in [1.165, 1.54) is 6.92 Å². The lowest BCUT2D eigenvalue weighted by Crippen LogP contribution is -2.20. The van der Waals surface area contributed by atoms with Crippen LogP contribution in [-0.2, 0) is 0 Å². The molecule has 3 aromatic rings. The van der Waals surface area contributed by atoms with Crippen molar-refractivity contribution < 1.29 is 24.5 Å². The summed E-state index contributed by atoms with van der Waals surface area (Å²) < 4.78 is 0. The summed E-state index contributed by atoms with van der Waals surface area (Å²) >= 11 is 0. The number of carbonyl (C=O) groups is 2. The Morgan fingerprint density at radius 3 is 1.47 bits per heavy atom. The molecule has 0 bridgehead atoms. The average molecular weight is 406 g/mol. The lowest BCUT2D eigenvalue weighted by molar-refractivity contribution is -0.394. The van der Waals surface area contributed by atoms with E-state index in [1.54, 1.807) is 48.5 Å². The van der Waals surface area contributed by atoms with E-state index < -0.39 is 27.0 Å². The van der Waals surface area contributed by atoms with E-state index in [-0.39, 0.29) is 17.1 Å². The Hall–Kier alpha value is -4.40. The first-order valence-electron chi connectivity index (χ1n) is 8.62. The van der Waals surface area contributed by atoms with Crippen molar-refractivity contribution in [2.45, 2.75) is 6.92 Å². The maximum atomic E-state index is 12.1. The van der Waals surface area contributed by atoms with Gasteiger partial charge in [0, 0.05) is 33.9 Å². The zero-order valence-corrected chi connectivity index (χ0v) is 15.6. The molecule has 0 unspecified atom stereocenters. The van der Waals surface area contributed by atoms with Crippen molar-refractivity contribution in [2.75, 3.05) is 0 Å². The van der Waals surface area contributed by atoms with Gasteiger partial charge in [-0.3, -0.25) is 29.8 Å². The van der Waals surface area contributed by atoms with Crippen LogP contribution in [0.3, 0.4) is 0 Å². The first-order chi connectivity index (χ1) is 14.2. The van der Waals surface area contributed by atoms with E-state index in [2.05, 4.69) is 0 Å². The second-order valence-electron chi connectivity index (χ2n) is 6.39. The highest BCUT2D eigenvalue weighted by Crippen LogP contribution is 2.33. The molecule has 9 heteroatoms. The Labute approximate surface area is 169 Å². The normalized spacial score (nSPS) is 11.6. The Morgan fingerprint density at radius 1 is 0.733 bits per heavy atom. The maximum Gasteiger partial charge on any atom is 0.317 e. The molecule has 0 radical (unpaired) electrons. The number of nitrogens with zero attached hydrogens (tertiary/aromatic N) is 2. The number of aryl methyl sites for hydroxylation is 1.